The molecule has 26 heavy (non-hydrogen) atoms. The molecule has 140 valence electrons. The van der Waals surface area contributed by atoms with Crippen LogP contribution < -0.4 is 14.8 Å². The van der Waals surface area contributed by atoms with Crippen LogP contribution in [0.4, 0.5) is 10.1 Å². The molecule has 6 nitrogen and oxygen atoms in total. The molecule has 0 radical (unpaired) electrons. The van der Waals surface area contributed by atoms with E-state index in [4.69, 9.17) is 4.74 Å². The molecule has 0 saturated carbocycles. The van der Waals surface area contributed by atoms with Gasteiger partial charge in [0.25, 0.3) is 5.91 Å². The number of amides is 1. The topological polar surface area (TPSA) is 84.5 Å². The van der Waals surface area contributed by atoms with Gasteiger partial charge in [0.05, 0.1) is 4.90 Å². The summed E-state index contributed by atoms with van der Waals surface area (Å²) in [6.07, 6.45) is -0.859. The van der Waals surface area contributed by atoms with Crippen molar-refractivity contribution < 1.29 is 22.3 Å². The summed E-state index contributed by atoms with van der Waals surface area (Å²) in [6.45, 7) is 4.99. The molecule has 0 aromatic heterocycles. The molecule has 0 heterocycles. The molecule has 8 heteroatoms. The molecular weight excluding hydrogens is 359 g/mol. The summed E-state index contributed by atoms with van der Waals surface area (Å²) in [7, 11) is -3.59. The molecule has 1 unspecified atom stereocenters. The van der Waals surface area contributed by atoms with E-state index >= 15 is 0 Å². The SMILES string of the molecule is CC(C)NS(=O)(=O)c1ccc(NC(=O)C(C)Oc2cccc(F)c2)cc1. The van der Waals surface area contributed by atoms with Crippen molar-refractivity contribution in [1.82, 2.24) is 4.72 Å². The third kappa shape index (κ3) is 5.53. The number of ether oxygens (including phenoxy) is 1. The minimum atomic E-state index is -3.59. The van der Waals surface area contributed by atoms with Gasteiger partial charge in [-0.2, -0.15) is 0 Å². The molecule has 0 aliphatic carbocycles. The van der Waals surface area contributed by atoms with Crippen LogP contribution in [0.1, 0.15) is 20.8 Å². The van der Waals surface area contributed by atoms with Crippen molar-refractivity contribution in [3.05, 3.63) is 54.3 Å². The van der Waals surface area contributed by atoms with Crippen molar-refractivity contribution in [2.75, 3.05) is 5.32 Å². The van der Waals surface area contributed by atoms with Gasteiger partial charge in [0.2, 0.25) is 10.0 Å². The number of sulfonamides is 1. The van der Waals surface area contributed by atoms with E-state index in [-0.39, 0.29) is 16.7 Å². The highest BCUT2D eigenvalue weighted by Crippen LogP contribution is 2.17. The first-order chi connectivity index (χ1) is 12.2. The summed E-state index contributed by atoms with van der Waals surface area (Å²) in [5.41, 5.74) is 0.424. The standard InChI is InChI=1S/C18H21FN2O4S/c1-12(2)21-26(23,24)17-9-7-15(8-10-17)20-18(22)13(3)25-16-6-4-5-14(19)11-16/h4-13,21H,1-3H3,(H,20,22). The van der Waals surface area contributed by atoms with Crippen LogP contribution >= 0.6 is 0 Å². The molecule has 1 atom stereocenters. The van der Waals surface area contributed by atoms with Crippen LogP contribution in [0.15, 0.2) is 53.4 Å². The maximum Gasteiger partial charge on any atom is 0.265 e. The lowest BCUT2D eigenvalue weighted by molar-refractivity contribution is -0.122. The van der Waals surface area contributed by atoms with Gasteiger partial charge in [0.15, 0.2) is 6.10 Å². The van der Waals surface area contributed by atoms with Crippen molar-refractivity contribution in [3.8, 4) is 5.75 Å². The monoisotopic (exact) mass is 380 g/mol. The minimum Gasteiger partial charge on any atom is -0.481 e. The van der Waals surface area contributed by atoms with Gasteiger partial charge in [-0.25, -0.2) is 17.5 Å². The van der Waals surface area contributed by atoms with Crippen LogP contribution in [0.25, 0.3) is 0 Å². The van der Waals surface area contributed by atoms with Crippen molar-refractivity contribution >= 4 is 21.6 Å². The van der Waals surface area contributed by atoms with Crippen molar-refractivity contribution in [2.45, 2.75) is 37.8 Å². The van der Waals surface area contributed by atoms with E-state index in [2.05, 4.69) is 10.0 Å². The predicted octanol–water partition coefficient (Wildman–Crippen LogP) is 2.92. The predicted molar refractivity (Wildman–Crippen MR) is 97.0 cm³/mol. The fourth-order valence-electron chi connectivity index (χ4n) is 2.14. The van der Waals surface area contributed by atoms with E-state index in [1.165, 1.54) is 49.4 Å². The first-order valence-corrected chi connectivity index (χ1v) is 9.51. The largest absolute Gasteiger partial charge is 0.481 e. The Kier molecular flexibility index (Phi) is 6.33. The zero-order valence-corrected chi connectivity index (χ0v) is 15.5. The number of carbonyl (C=O) groups is 1. The molecule has 2 rings (SSSR count). The van der Waals surface area contributed by atoms with Crippen LogP contribution in [0.5, 0.6) is 5.75 Å². The molecule has 0 fully saturated rings. The fourth-order valence-corrected chi connectivity index (χ4v) is 3.39. The summed E-state index contributed by atoms with van der Waals surface area (Å²) in [4.78, 5) is 12.3. The van der Waals surface area contributed by atoms with Crippen LogP contribution in [-0.2, 0) is 14.8 Å². The van der Waals surface area contributed by atoms with Crippen LogP contribution in [0, 0.1) is 5.82 Å². The molecule has 1 amide bonds. The lowest BCUT2D eigenvalue weighted by Crippen LogP contribution is -2.31. The minimum absolute atomic E-state index is 0.105. The third-order valence-corrected chi connectivity index (χ3v) is 4.98. The second-order valence-electron chi connectivity index (χ2n) is 6.01. The first-order valence-electron chi connectivity index (χ1n) is 8.03. The van der Waals surface area contributed by atoms with Crippen molar-refractivity contribution in [3.63, 3.8) is 0 Å². The quantitative estimate of drug-likeness (QED) is 0.774. The molecule has 2 aromatic carbocycles. The van der Waals surface area contributed by atoms with E-state index in [0.717, 1.165) is 0 Å². The van der Waals surface area contributed by atoms with Gasteiger partial charge < -0.3 is 10.1 Å². The van der Waals surface area contributed by atoms with Crippen LogP contribution in [-0.4, -0.2) is 26.5 Å². The molecule has 0 bridgehead atoms. The molecule has 2 aromatic rings. The molecule has 2 N–H and O–H groups in total. The number of hydrogen-bond donors (Lipinski definition) is 2. The fraction of sp³-hybridized carbons (Fsp3) is 0.278. The van der Waals surface area contributed by atoms with Gasteiger partial charge in [-0.05, 0) is 57.2 Å². The Morgan fingerprint density at radius 2 is 1.73 bits per heavy atom. The highest BCUT2D eigenvalue weighted by molar-refractivity contribution is 7.89. The zero-order chi connectivity index (χ0) is 19.3. The average molecular weight is 380 g/mol. The number of halogens is 1. The molecule has 0 aliphatic rings. The Morgan fingerprint density at radius 1 is 1.08 bits per heavy atom. The normalized spacial score (nSPS) is 12.7. The zero-order valence-electron chi connectivity index (χ0n) is 14.7. The summed E-state index contributed by atoms with van der Waals surface area (Å²) in [5.74, 6) is -0.652. The van der Waals surface area contributed by atoms with Crippen LogP contribution in [0.2, 0.25) is 0 Å². The Hall–Kier alpha value is -2.45. The maximum absolute atomic E-state index is 13.1. The van der Waals surface area contributed by atoms with Crippen molar-refractivity contribution in [2.24, 2.45) is 0 Å². The second-order valence-corrected chi connectivity index (χ2v) is 7.72. The molecule has 0 saturated heterocycles. The lowest BCUT2D eigenvalue weighted by atomic mass is 10.3. The highest BCUT2D eigenvalue weighted by atomic mass is 32.2. The average Bonchev–Trinajstić information content (AvgIpc) is 2.54. The molecular formula is C18H21FN2O4S. The smallest absolute Gasteiger partial charge is 0.265 e. The summed E-state index contributed by atoms with van der Waals surface area (Å²) < 4.78 is 45.1. The Morgan fingerprint density at radius 3 is 2.31 bits per heavy atom. The number of nitrogens with one attached hydrogen (secondary N) is 2. The van der Waals surface area contributed by atoms with E-state index in [9.17, 15) is 17.6 Å². The Balaban J connectivity index is 2.00. The van der Waals surface area contributed by atoms with Gasteiger partial charge in [0, 0.05) is 17.8 Å². The number of anilines is 1. The maximum atomic E-state index is 13.1. The van der Waals surface area contributed by atoms with Gasteiger partial charge in [-0.3, -0.25) is 4.79 Å². The number of carbonyl (C=O) groups excluding carboxylic acids is 1. The van der Waals surface area contributed by atoms with Crippen molar-refractivity contribution in [1.29, 1.82) is 0 Å². The molecule has 0 spiro atoms. The summed E-state index contributed by atoms with van der Waals surface area (Å²) in [5, 5.41) is 2.62. The van der Waals surface area contributed by atoms with E-state index in [1.54, 1.807) is 19.9 Å². The number of hydrogen-bond acceptors (Lipinski definition) is 4. The highest BCUT2D eigenvalue weighted by Gasteiger charge is 2.17. The second kappa shape index (κ2) is 8.29. The van der Waals surface area contributed by atoms with E-state index < -0.39 is 27.9 Å². The van der Waals surface area contributed by atoms with Gasteiger partial charge in [-0.1, -0.05) is 6.07 Å². The third-order valence-electron chi connectivity index (χ3n) is 3.30. The summed E-state index contributed by atoms with van der Waals surface area (Å²) >= 11 is 0. The number of rotatable bonds is 7. The number of benzene rings is 2. The van der Waals surface area contributed by atoms with Gasteiger partial charge >= 0.3 is 0 Å². The Labute approximate surface area is 152 Å². The van der Waals surface area contributed by atoms with Gasteiger partial charge in [0.1, 0.15) is 11.6 Å². The summed E-state index contributed by atoms with van der Waals surface area (Å²) in [6, 6.07) is 11.1. The van der Waals surface area contributed by atoms with E-state index in [0.29, 0.717) is 5.69 Å². The van der Waals surface area contributed by atoms with Crippen LogP contribution in [0.3, 0.4) is 0 Å². The van der Waals surface area contributed by atoms with E-state index in [1.807, 2.05) is 0 Å². The lowest BCUT2D eigenvalue weighted by Gasteiger charge is -2.15. The molecule has 0 aliphatic heterocycles. The first kappa shape index (κ1) is 19.9. The Bertz CT molecular complexity index is 867. The van der Waals surface area contributed by atoms with Gasteiger partial charge in [-0.15, -0.1) is 0 Å².